The van der Waals surface area contributed by atoms with E-state index in [1.165, 1.54) is 18.3 Å². The van der Waals surface area contributed by atoms with Crippen LogP contribution in [0.5, 0.6) is 0 Å². The van der Waals surface area contributed by atoms with Crippen molar-refractivity contribution >= 4 is 12.1 Å². The van der Waals surface area contributed by atoms with Crippen molar-refractivity contribution in [3.8, 4) is 0 Å². The van der Waals surface area contributed by atoms with E-state index >= 15 is 0 Å². The molecule has 0 fully saturated rings. The van der Waals surface area contributed by atoms with Gasteiger partial charge in [-0.25, -0.2) is 0 Å². The van der Waals surface area contributed by atoms with Gasteiger partial charge in [-0.2, -0.15) is 0 Å². The molecule has 1 unspecified atom stereocenters. The van der Waals surface area contributed by atoms with Crippen molar-refractivity contribution < 1.29 is 9.59 Å². The van der Waals surface area contributed by atoms with Crippen LogP contribution in [0.15, 0.2) is 18.3 Å². The highest BCUT2D eigenvalue weighted by molar-refractivity contribution is 5.98. The maximum atomic E-state index is 11.3. The molecule has 0 radical (unpaired) electrons. The van der Waals surface area contributed by atoms with Crippen molar-refractivity contribution in [1.82, 2.24) is 4.98 Å². The van der Waals surface area contributed by atoms with Crippen LogP contribution >= 0.6 is 0 Å². The van der Waals surface area contributed by atoms with Crippen LogP contribution in [-0.2, 0) is 0 Å². The van der Waals surface area contributed by atoms with E-state index in [2.05, 4.69) is 4.98 Å². The molecule has 0 aliphatic rings. The van der Waals surface area contributed by atoms with E-state index in [9.17, 15) is 9.59 Å². The van der Waals surface area contributed by atoms with Crippen molar-refractivity contribution in [2.45, 2.75) is 13.0 Å². The molecule has 1 aromatic rings. The van der Waals surface area contributed by atoms with Gasteiger partial charge in [0, 0.05) is 11.8 Å². The van der Waals surface area contributed by atoms with E-state index in [4.69, 9.17) is 5.73 Å². The first kappa shape index (κ1) is 9.54. The summed E-state index contributed by atoms with van der Waals surface area (Å²) in [6.45, 7) is 1.58. The van der Waals surface area contributed by atoms with Gasteiger partial charge in [-0.05, 0) is 19.1 Å². The predicted octanol–water partition coefficient (Wildman–Crippen LogP) is 0.424. The quantitative estimate of drug-likeness (QED) is 0.538. The molecule has 0 saturated carbocycles. The number of aromatic nitrogens is 1. The predicted molar refractivity (Wildman–Crippen MR) is 47.6 cm³/mol. The number of hydrogen-bond donors (Lipinski definition) is 1. The van der Waals surface area contributed by atoms with Gasteiger partial charge in [0.25, 0.3) is 0 Å². The molecule has 1 aromatic heterocycles. The van der Waals surface area contributed by atoms with Gasteiger partial charge in [0.1, 0.15) is 12.0 Å². The van der Waals surface area contributed by atoms with Crippen molar-refractivity contribution in [3.63, 3.8) is 0 Å². The smallest absolute Gasteiger partial charge is 0.197 e. The molecule has 0 bridgehead atoms. The Balaban J connectivity index is 3.01. The molecule has 0 aromatic carbocycles. The molecule has 0 spiro atoms. The number of carbonyl (C=O) groups is 2. The number of carbonyl (C=O) groups excluding carboxylic acids is 2. The zero-order valence-electron chi connectivity index (χ0n) is 7.23. The molecule has 68 valence electrons. The average molecular weight is 178 g/mol. The summed E-state index contributed by atoms with van der Waals surface area (Å²) in [6.07, 6.45) is 2.08. The number of aldehydes is 1. The van der Waals surface area contributed by atoms with Crippen molar-refractivity contribution in [3.05, 3.63) is 29.6 Å². The molecule has 4 heteroatoms. The van der Waals surface area contributed by atoms with Crippen LogP contribution in [0.1, 0.15) is 27.8 Å². The van der Waals surface area contributed by atoms with E-state index in [1.54, 1.807) is 6.92 Å². The number of Topliss-reactive ketones (excluding diaryl/α,β-unsaturated/α-hetero) is 1. The molecular weight excluding hydrogens is 168 g/mol. The van der Waals surface area contributed by atoms with Gasteiger partial charge >= 0.3 is 0 Å². The van der Waals surface area contributed by atoms with Gasteiger partial charge < -0.3 is 5.73 Å². The maximum absolute atomic E-state index is 11.3. The maximum Gasteiger partial charge on any atom is 0.197 e. The van der Waals surface area contributed by atoms with Gasteiger partial charge in [-0.1, -0.05) is 0 Å². The summed E-state index contributed by atoms with van der Waals surface area (Å²) in [5.41, 5.74) is 6.05. The molecule has 0 saturated heterocycles. The third kappa shape index (κ3) is 2.19. The normalized spacial score (nSPS) is 12.2. The van der Waals surface area contributed by atoms with E-state index in [1.807, 2.05) is 0 Å². The largest absolute Gasteiger partial charge is 0.321 e. The fourth-order valence-electron chi connectivity index (χ4n) is 0.888. The first-order valence-corrected chi connectivity index (χ1v) is 3.86. The second kappa shape index (κ2) is 3.91. The fraction of sp³-hybridized carbons (Fsp3) is 0.222. The molecule has 1 rings (SSSR count). The molecular formula is C9H10N2O2. The number of nitrogens with two attached hydrogens (primary N) is 1. The van der Waals surface area contributed by atoms with Crippen LogP contribution in [0.3, 0.4) is 0 Å². The molecule has 0 aliphatic carbocycles. The Morgan fingerprint density at radius 1 is 1.69 bits per heavy atom. The van der Waals surface area contributed by atoms with Crippen LogP contribution in [-0.4, -0.2) is 23.1 Å². The van der Waals surface area contributed by atoms with E-state index in [0.29, 0.717) is 11.8 Å². The molecule has 4 nitrogen and oxygen atoms in total. The van der Waals surface area contributed by atoms with E-state index in [0.717, 1.165) is 0 Å². The van der Waals surface area contributed by atoms with Crippen molar-refractivity contribution in [1.29, 1.82) is 0 Å². The highest BCUT2D eigenvalue weighted by atomic mass is 16.1. The van der Waals surface area contributed by atoms with Gasteiger partial charge in [-0.15, -0.1) is 0 Å². The third-order valence-corrected chi connectivity index (χ3v) is 1.59. The van der Waals surface area contributed by atoms with E-state index in [-0.39, 0.29) is 11.5 Å². The van der Waals surface area contributed by atoms with Crippen LogP contribution in [0.25, 0.3) is 0 Å². The number of ketones is 1. The summed E-state index contributed by atoms with van der Waals surface area (Å²) < 4.78 is 0. The zero-order chi connectivity index (χ0) is 9.84. The van der Waals surface area contributed by atoms with Crippen LogP contribution in [0.4, 0.5) is 0 Å². The summed E-state index contributed by atoms with van der Waals surface area (Å²) in [6, 6.07) is 2.37. The van der Waals surface area contributed by atoms with Crippen molar-refractivity contribution in [2.24, 2.45) is 5.73 Å². The lowest BCUT2D eigenvalue weighted by molar-refractivity contribution is 0.0963. The second-order valence-electron chi connectivity index (χ2n) is 2.75. The Morgan fingerprint density at radius 3 is 2.92 bits per heavy atom. The molecule has 0 aliphatic heterocycles. The highest BCUT2D eigenvalue weighted by Crippen LogP contribution is 2.01. The minimum Gasteiger partial charge on any atom is -0.321 e. The number of nitrogens with zero attached hydrogens (tertiary/aromatic N) is 1. The molecule has 13 heavy (non-hydrogen) atoms. The standard InChI is InChI=1S/C9H10N2O2/c1-6(10)9(13)8-4-7(5-12)2-3-11-8/h2-6H,10H2,1H3. The zero-order valence-corrected chi connectivity index (χ0v) is 7.23. The Hall–Kier alpha value is -1.55. The van der Waals surface area contributed by atoms with Gasteiger partial charge in [0.05, 0.1) is 6.04 Å². The summed E-state index contributed by atoms with van der Waals surface area (Å²) in [4.78, 5) is 25.5. The lowest BCUT2D eigenvalue weighted by Gasteiger charge is -2.02. The molecule has 1 heterocycles. The summed E-state index contributed by atoms with van der Waals surface area (Å²) in [7, 11) is 0. The second-order valence-corrected chi connectivity index (χ2v) is 2.75. The van der Waals surface area contributed by atoms with Gasteiger partial charge in [-0.3, -0.25) is 14.6 Å². The summed E-state index contributed by atoms with van der Waals surface area (Å²) in [5, 5.41) is 0. The van der Waals surface area contributed by atoms with E-state index < -0.39 is 6.04 Å². The third-order valence-electron chi connectivity index (χ3n) is 1.59. The number of pyridine rings is 1. The molecule has 1 atom stereocenters. The summed E-state index contributed by atoms with van der Waals surface area (Å²) in [5.74, 6) is -0.260. The SMILES string of the molecule is CC(N)C(=O)c1cc(C=O)ccn1. The average Bonchev–Trinajstić information content (AvgIpc) is 2.16. The summed E-state index contributed by atoms with van der Waals surface area (Å²) >= 11 is 0. The topological polar surface area (TPSA) is 73.1 Å². The lowest BCUT2D eigenvalue weighted by atomic mass is 10.1. The Kier molecular flexibility index (Phi) is 2.87. The Morgan fingerprint density at radius 2 is 2.38 bits per heavy atom. The first-order valence-electron chi connectivity index (χ1n) is 3.86. The lowest BCUT2D eigenvalue weighted by Crippen LogP contribution is -2.27. The molecule has 2 N–H and O–H groups in total. The minimum atomic E-state index is -0.589. The van der Waals surface area contributed by atoms with Crippen molar-refractivity contribution in [2.75, 3.05) is 0 Å². The monoisotopic (exact) mass is 178 g/mol. The van der Waals surface area contributed by atoms with Crippen LogP contribution in [0.2, 0.25) is 0 Å². The van der Waals surface area contributed by atoms with Crippen LogP contribution in [0, 0.1) is 0 Å². The Bertz CT molecular complexity index is 334. The fourth-order valence-corrected chi connectivity index (χ4v) is 0.888. The number of rotatable bonds is 3. The van der Waals surface area contributed by atoms with Crippen LogP contribution < -0.4 is 5.73 Å². The number of hydrogen-bond acceptors (Lipinski definition) is 4. The Labute approximate surface area is 75.8 Å². The molecule has 0 amide bonds. The highest BCUT2D eigenvalue weighted by Gasteiger charge is 2.11. The first-order chi connectivity index (χ1) is 6.15. The minimum absolute atomic E-state index is 0.236. The van der Waals surface area contributed by atoms with Gasteiger partial charge in [0.2, 0.25) is 0 Å². The van der Waals surface area contributed by atoms with Gasteiger partial charge in [0.15, 0.2) is 5.78 Å².